The third kappa shape index (κ3) is 6.58. The molecule has 0 aliphatic carbocycles. The number of carboxylic acid groups (broad SMARTS) is 1. The van der Waals surface area contributed by atoms with Crippen LogP contribution < -0.4 is 10.1 Å². The second-order valence-corrected chi connectivity index (χ2v) is 11.7. The SMILES string of the molecule is CCCCc1nc2ccc(NCS(=O)(=O)c3ccccc3)cc2n1Cc1ccc(-c2ccccc2OC(=O)O)cc1. The molecule has 0 fully saturated rings. The number of nitrogens with one attached hydrogen (secondary N) is 1. The van der Waals surface area contributed by atoms with Crippen molar-refractivity contribution < 1.29 is 23.1 Å². The number of unbranched alkanes of at least 4 members (excludes halogenated alkanes) is 1. The molecule has 8 nitrogen and oxygen atoms in total. The molecule has 5 aromatic rings. The van der Waals surface area contributed by atoms with Gasteiger partial charge in [-0.15, -0.1) is 0 Å². The molecule has 5 rings (SSSR count). The molecule has 4 aromatic carbocycles. The third-order valence-corrected chi connectivity index (χ3v) is 8.35. The first-order valence-electron chi connectivity index (χ1n) is 13.4. The van der Waals surface area contributed by atoms with E-state index >= 15 is 0 Å². The van der Waals surface area contributed by atoms with E-state index < -0.39 is 16.0 Å². The molecule has 0 saturated carbocycles. The van der Waals surface area contributed by atoms with Crippen molar-refractivity contribution in [3.63, 3.8) is 0 Å². The van der Waals surface area contributed by atoms with Gasteiger partial charge < -0.3 is 19.7 Å². The van der Waals surface area contributed by atoms with Crippen molar-refractivity contribution in [1.82, 2.24) is 9.55 Å². The fourth-order valence-corrected chi connectivity index (χ4v) is 5.83. The number of hydrogen-bond acceptors (Lipinski definition) is 6. The molecular formula is C32H31N3O5S. The zero-order valence-electron chi connectivity index (χ0n) is 22.7. The summed E-state index contributed by atoms with van der Waals surface area (Å²) in [6.45, 7) is 2.72. The Labute approximate surface area is 239 Å². The number of anilines is 1. The summed E-state index contributed by atoms with van der Waals surface area (Å²) in [4.78, 5) is 16.3. The van der Waals surface area contributed by atoms with Crippen molar-refractivity contribution >= 4 is 32.7 Å². The average molecular weight is 570 g/mol. The molecule has 0 saturated heterocycles. The molecule has 0 radical (unpaired) electrons. The molecule has 210 valence electrons. The standard InChI is InChI=1S/C32H31N3O5S/c1-2-3-13-31-34-28-19-18-25(33-22-41(38,39)26-9-5-4-6-10-26)20-29(28)35(31)21-23-14-16-24(17-15-23)27-11-7-8-12-30(27)40-32(36)37/h4-12,14-20,33H,2-3,13,21-22H2,1H3,(H,36,37). The van der Waals surface area contributed by atoms with Crippen LogP contribution in [0, 0.1) is 0 Å². The molecular weight excluding hydrogens is 538 g/mol. The summed E-state index contributed by atoms with van der Waals surface area (Å²) in [5, 5.41) is 12.2. The van der Waals surface area contributed by atoms with Crippen LogP contribution in [0.3, 0.4) is 0 Å². The van der Waals surface area contributed by atoms with Crippen molar-refractivity contribution in [3.8, 4) is 16.9 Å². The van der Waals surface area contributed by atoms with Gasteiger partial charge in [0.25, 0.3) is 0 Å². The van der Waals surface area contributed by atoms with Crippen LogP contribution in [-0.2, 0) is 22.8 Å². The van der Waals surface area contributed by atoms with Crippen LogP contribution in [0.1, 0.15) is 31.2 Å². The van der Waals surface area contributed by atoms with E-state index in [0.29, 0.717) is 17.8 Å². The van der Waals surface area contributed by atoms with Crippen molar-refractivity contribution in [1.29, 1.82) is 0 Å². The lowest BCUT2D eigenvalue weighted by Gasteiger charge is -2.12. The van der Waals surface area contributed by atoms with Gasteiger partial charge in [-0.25, -0.2) is 18.2 Å². The van der Waals surface area contributed by atoms with E-state index in [1.807, 2.05) is 54.6 Å². The summed E-state index contributed by atoms with van der Waals surface area (Å²) in [6, 6.07) is 29.1. The summed E-state index contributed by atoms with van der Waals surface area (Å²) < 4.78 is 32.7. The van der Waals surface area contributed by atoms with Gasteiger partial charge in [-0.05, 0) is 53.9 Å². The van der Waals surface area contributed by atoms with Crippen LogP contribution in [0.2, 0.25) is 0 Å². The summed E-state index contributed by atoms with van der Waals surface area (Å²) >= 11 is 0. The molecule has 2 N–H and O–H groups in total. The molecule has 0 aliphatic rings. The number of sulfone groups is 1. The van der Waals surface area contributed by atoms with Gasteiger partial charge in [-0.3, -0.25) is 0 Å². The number of carbonyl (C=O) groups is 1. The summed E-state index contributed by atoms with van der Waals surface area (Å²) in [6.07, 6.45) is 1.52. The van der Waals surface area contributed by atoms with Crippen molar-refractivity contribution in [3.05, 3.63) is 108 Å². The Morgan fingerprint density at radius 1 is 0.951 bits per heavy atom. The molecule has 1 aromatic heterocycles. The van der Waals surface area contributed by atoms with E-state index in [4.69, 9.17) is 14.8 Å². The monoisotopic (exact) mass is 569 g/mol. The highest BCUT2D eigenvalue weighted by molar-refractivity contribution is 7.91. The normalized spacial score (nSPS) is 11.4. The lowest BCUT2D eigenvalue weighted by molar-refractivity contribution is 0.144. The molecule has 41 heavy (non-hydrogen) atoms. The molecule has 1 heterocycles. The molecule has 0 amide bonds. The number of aryl methyl sites for hydroxylation is 1. The Morgan fingerprint density at radius 3 is 2.41 bits per heavy atom. The van der Waals surface area contributed by atoms with Crippen LogP contribution in [0.5, 0.6) is 5.75 Å². The minimum Gasteiger partial charge on any atom is -0.449 e. The molecule has 0 atom stereocenters. The van der Waals surface area contributed by atoms with Crippen LogP contribution in [0.25, 0.3) is 22.2 Å². The zero-order chi connectivity index (χ0) is 28.8. The molecule has 9 heteroatoms. The number of imidazole rings is 1. The molecule has 0 bridgehead atoms. The van der Waals surface area contributed by atoms with E-state index in [0.717, 1.165) is 47.2 Å². The average Bonchev–Trinajstić information content (AvgIpc) is 3.32. The fraction of sp³-hybridized carbons (Fsp3) is 0.188. The Hall–Kier alpha value is -4.63. The summed E-state index contributed by atoms with van der Waals surface area (Å²) in [7, 11) is -3.49. The van der Waals surface area contributed by atoms with E-state index in [1.165, 1.54) is 0 Å². The Kier molecular flexibility index (Phi) is 8.35. The van der Waals surface area contributed by atoms with Crippen LogP contribution >= 0.6 is 0 Å². The third-order valence-electron chi connectivity index (χ3n) is 6.84. The first-order valence-corrected chi connectivity index (χ1v) is 15.1. The van der Waals surface area contributed by atoms with Crippen LogP contribution in [-0.4, -0.2) is 35.1 Å². The van der Waals surface area contributed by atoms with Crippen LogP contribution in [0.4, 0.5) is 10.5 Å². The zero-order valence-corrected chi connectivity index (χ0v) is 23.5. The molecule has 0 spiro atoms. The number of nitrogens with zero attached hydrogens (tertiary/aromatic N) is 2. The Bertz CT molecular complexity index is 1760. The van der Waals surface area contributed by atoms with E-state index in [-0.39, 0.29) is 16.5 Å². The largest absolute Gasteiger partial charge is 0.511 e. The van der Waals surface area contributed by atoms with Crippen molar-refractivity contribution in [2.24, 2.45) is 0 Å². The van der Waals surface area contributed by atoms with E-state index in [1.54, 1.807) is 42.5 Å². The molecule has 0 aliphatic heterocycles. The maximum atomic E-state index is 12.8. The number of rotatable bonds is 11. The first-order chi connectivity index (χ1) is 19.8. The van der Waals surface area contributed by atoms with Gasteiger partial charge >= 0.3 is 6.16 Å². The minimum absolute atomic E-state index is 0.214. The number of fused-ring (bicyclic) bond motifs is 1. The van der Waals surface area contributed by atoms with Gasteiger partial charge in [0, 0.05) is 24.2 Å². The van der Waals surface area contributed by atoms with Gasteiger partial charge in [0.15, 0.2) is 9.84 Å². The lowest BCUT2D eigenvalue weighted by atomic mass is 10.0. The van der Waals surface area contributed by atoms with E-state index in [2.05, 4.69) is 16.8 Å². The quantitative estimate of drug-likeness (QED) is 0.130. The van der Waals surface area contributed by atoms with Gasteiger partial charge in [-0.2, -0.15) is 0 Å². The maximum Gasteiger partial charge on any atom is 0.511 e. The van der Waals surface area contributed by atoms with Gasteiger partial charge in [-0.1, -0.05) is 74.0 Å². The first kappa shape index (κ1) is 27.9. The highest BCUT2D eigenvalue weighted by Gasteiger charge is 2.16. The number of benzene rings is 4. The second kappa shape index (κ2) is 12.3. The predicted octanol–water partition coefficient (Wildman–Crippen LogP) is 6.99. The maximum absolute atomic E-state index is 12.8. The molecule has 0 unspecified atom stereocenters. The summed E-state index contributed by atoms with van der Waals surface area (Å²) in [5.74, 6) is 1.04. The van der Waals surface area contributed by atoms with Gasteiger partial charge in [0.05, 0.1) is 15.9 Å². The van der Waals surface area contributed by atoms with Crippen LogP contribution in [0.15, 0.2) is 102 Å². The number of hydrogen-bond donors (Lipinski definition) is 2. The Balaban J connectivity index is 1.42. The highest BCUT2D eigenvalue weighted by atomic mass is 32.2. The lowest BCUT2D eigenvalue weighted by Crippen LogP contribution is -2.14. The predicted molar refractivity (Wildman–Crippen MR) is 160 cm³/mol. The van der Waals surface area contributed by atoms with E-state index in [9.17, 15) is 13.2 Å². The summed E-state index contributed by atoms with van der Waals surface area (Å²) in [5.41, 5.74) is 5.06. The Morgan fingerprint density at radius 2 is 1.68 bits per heavy atom. The fourth-order valence-electron chi connectivity index (χ4n) is 4.73. The van der Waals surface area contributed by atoms with Crippen molar-refractivity contribution in [2.75, 3.05) is 11.2 Å². The highest BCUT2D eigenvalue weighted by Crippen LogP contribution is 2.31. The smallest absolute Gasteiger partial charge is 0.449 e. The van der Waals surface area contributed by atoms with Gasteiger partial charge in [0.2, 0.25) is 0 Å². The number of para-hydroxylation sites is 1. The second-order valence-electron chi connectivity index (χ2n) is 9.73. The van der Waals surface area contributed by atoms with Crippen molar-refractivity contribution in [2.45, 2.75) is 37.6 Å². The number of aromatic nitrogens is 2. The number of ether oxygens (including phenoxy) is 1. The topological polar surface area (TPSA) is 111 Å². The van der Waals surface area contributed by atoms with Gasteiger partial charge in [0.1, 0.15) is 17.5 Å². The minimum atomic E-state index is -3.49.